The van der Waals surface area contributed by atoms with E-state index >= 15 is 0 Å². The van der Waals surface area contributed by atoms with E-state index in [1.165, 1.54) is 0 Å². The van der Waals surface area contributed by atoms with Crippen molar-refractivity contribution in [2.24, 2.45) is 11.5 Å². The molecule has 1 rings (SSSR count). The molecule has 0 aliphatic heterocycles. The molecular weight excluding hydrogens is 268 g/mol. The molecule has 0 spiro atoms. The minimum atomic E-state index is -1.23. The SMILES string of the molecule is NC(=O)CC(N)C(=O)Nc1c(F)cc(F)cc1Cl. The summed E-state index contributed by atoms with van der Waals surface area (Å²) in [5.74, 6) is -3.54. The molecule has 0 aliphatic carbocycles. The van der Waals surface area contributed by atoms with Gasteiger partial charge in [0.2, 0.25) is 11.8 Å². The number of nitrogens with two attached hydrogens (primary N) is 2. The van der Waals surface area contributed by atoms with Crippen LogP contribution in [0.5, 0.6) is 0 Å². The highest BCUT2D eigenvalue weighted by Gasteiger charge is 2.19. The Morgan fingerprint density at radius 3 is 2.50 bits per heavy atom. The minimum absolute atomic E-state index is 0.313. The summed E-state index contributed by atoms with van der Waals surface area (Å²) in [5, 5.41) is 1.75. The van der Waals surface area contributed by atoms with Crippen molar-refractivity contribution in [1.29, 1.82) is 0 Å². The van der Waals surface area contributed by atoms with Crippen LogP contribution in [0.25, 0.3) is 0 Å². The summed E-state index contributed by atoms with van der Waals surface area (Å²) in [7, 11) is 0. The Morgan fingerprint density at radius 2 is 2.00 bits per heavy atom. The van der Waals surface area contributed by atoms with E-state index in [-0.39, 0.29) is 5.02 Å². The van der Waals surface area contributed by atoms with Gasteiger partial charge in [0, 0.05) is 6.07 Å². The Bertz CT molecular complexity index is 473. The van der Waals surface area contributed by atoms with Crippen LogP contribution in [0.15, 0.2) is 12.1 Å². The van der Waals surface area contributed by atoms with E-state index in [2.05, 4.69) is 5.32 Å². The van der Waals surface area contributed by atoms with Crippen molar-refractivity contribution < 1.29 is 18.4 Å². The quantitative estimate of drug-likeness (QED) is 0.758. The number of hydrogen-bond acceptors (Lipinski definition) is 3. The molecule has 0 heterocycles. The second kappa shape index (κ2) is 5.74. The summed E-state index contributed by atoms with van der Waals surface area (Å²) in [5.41, 5.74) is 9.80. The van der Waals surface area contributed by atoms with Crippen LogP contribution in [0.2, 0.25) is 5.02 Å². The molecule has 8 heteroatoms. The Labute approximate surface area is 106 Å². The second-order valence-electron chi connectivity index (χ2n) is 3.51. The molecule has 1 atom stereocenters. The molecule has 0 aromatic heterocycles. The lowest BCUT2D eigenvalue weighted by molar-refractivity contribution is -0.123. The number of carbonyl (C=O) groups is 2. The molecule has 18 heavy (non-hydrogen) atoms. The van der Waals surface area contributed by atoms with Crippen LogP contribution in [0.4, 0.5) is 14.5 Å². The van der Waals surface area contributed by atoms with Crippen LogP contribution in [0, 0.1) is 11.6 Å². The van der Waals surface area contributed by atoms with Crippen molar-refractivity contribution in [3.63, 3.8) is 0 Å². The van der Waals surface area contributed by atoms with E-state index in [4.69, 9.17) is 23.1 Å². The van der Waals surface area contributed by atoms with Crippen LogP contribution in [-0.2, 0) is 9.59 Å². The van der Waals surface area contributed by atoms with Crippen LogP contribution in [0.1, 0.15) is 6.42 Å². The van der Waals surface area contributed by atoms with E-state index in [1.807, 2.05) is 0 Å². The molecule has 1 aromatic rings. The summed E-state index contributed by atoms with van der Waals surface area (Å²) in [6, 6.07) is 0.157. The van der Waals surface area contributed by atoms with Gasteiger partial charge in [0.05, 0.1) is 23.2 Å². The smallest absolute Gasteiger partial charge is 0.241 e. The van der Waals surface area contributed by atoms with Gasteiger partial charge in [0.25, 0.3) is 0 Å². The summed E-state index contributed by atoms with van der Waals surface area (Å²) in [6.45, 7) is 0. The lowest BCUT2D eigenvalue weighted by atomic mass is 10.2. The molecule has 1 aromatic carbocycles. The number of halogens is 3. The average Bonchev–Trinajstić information content (AvgIpc) is 2.21. The maximum Gasteiger partial charge on any atom is 0.241 e. The van der Waals surface area contributed by atoms with Gasteiger partial charge in [-0.1, -0.05) is 11.6 Å². The average molecular weight is 278 g/mol. The number of rotatable bonds is 4. The minimum Gasteiger partial charge on any atom is -0.370 e. The van der Waals surface area contributed by atoms with Crippen LogP contribution in [0.3, 0.4) is 0 Å². The molecule has 5 N–H and O–H groups in total. The number of anilines is 1. The Morgan fingerprint density at radius 1 is 1.39 bits per heavy atom. The summed E-state index contributed by atoms with van der Waals surface area (Å²) >= 11 is 5.56. The third kappa shape index (κ3) is 3.64. The molecule has 1 unspecified atom stereocenters. The van der Waals surface area contributed by atoms with E-state index < -0.39 is 41.6 Å². The first-order chi connectivity index (χ1) is 8.31. The van der Waals surface area contributed by atoms with Crippen molar-refractivity contribution in [1.82, 2.24) is 0 Å². The lowest BCUT2D eigenvalue weighted by Gasteiger charge is -2.12. The molecule has 0 fully saturated rings. The number of amides is 2. The zero-order valence-corrected chi connectivity index (χ0v) is 9.80. The fourth-order valence-electron chi connectivity index (χ4n) is 1.19. The van der Waals surface area contributed by atoms with E-state index in [0.29, 0.717) is 6.07 Å². The predicted molar refractivity (Wildman–Crippen MR) is 61.8 cm³/mol. The fraction of sp³-hybridized carbons (Fsp3) is 0.200. The van der Waals surface area contributed by atoms with Gasteiger partial charge in [0.1, 0.15) is 5.82 Å². The Kier molecular flexibility index (Phi) is 4.57. The molecule has 0 saturated carbocycles. The maximum absolute atomic E-state index is 13.3. The summed E-state index contributed by atoms with van der Waals surface area (Å²) < 4.78 is 26.1. The van der Waals surface area contributed by atoms with Crippen molar-refractivity contribution >= 4 is 29.1 Å². The fourth-order valence-corrected chi connectivity index (χ4v) is 1.43. The third-order valence-corrected chi connectivity index (χ3v) is 2.31. The number of carbonyl (C=O) groups excluding carboxylic acids is 2. The number of primary amides is 1. The molecule has 0 radical (unpaired) electrons. The summed E-state index contributed by atoms with van der Waals surface area (Å²) in [6.07, 6.45) is -0.397. The van der Waals surface area contributed by atoms with Crippen LogP contribution < -0.4 is 16.8 Å². The molecule has 0 aliphatic rings. The van der Waals surface area contributed by atoms with Crippen molar-refractivity contribution in [3.05, 3.63) is 28.8 Å². The normalized spacial score (nSPS) is 12.0. The van der Waals surface area contributed by atoms with E-state index in [1.54, 1.807) is 0 Å². The van der Waals surface area contributed by atoms with Gasteiger partial charge in [0.15, 0.2) is 5.82 Å². The van der Waals surface area contributed by atoms with Gasteiger partial charge in [-0.25, -0.2) is 8.78 Å². The van der Waals surface area contributed by atoms with Gasteiger partial charge >= 0.3 is 0 Å². The number of hydrogen-bond donors (Lipinski definition) is 3. The molecule has 0 bridgehead atoms. The van der Waals surface area contributed by atoms with Gasteiger partial charge in [-0.3, -0.25) is 9.59 Å². The Balaban J connectivity index is 2.85. The van der Waals surface area contributed by atoms with Crippen LogP contribution in [-0.4, -0.2) is 17.9 Å². The number of nitrogens with one attached hydrogen (secondary N) is 1. The topological polar surface area (TPSA) is 98.2 Å². The monoisotopic (exact) mass is 277 g/mol. The zero-order chi connectivity index (χ0) is 13.9. The zero-order valence-electron chi connectivity index (χ0n) is 9.04. The van der Waals surface area contributed by atoms with Crippen molar-refractivity contribution in [2.45, 2.75) is 12.5 Å². The van der Waals surface area contributed by atoms with Gasteiger partial charge in [-0.05, 0) is 6.07 Å². The standard InChI is InChI=1S/C10H10ClF2N3O2/c11-5-1-4(12)2-6(13)9(5)16-10(18)7(14)3-8(15)17/h1-2,7H,3,14H2,(H2,15,17)(H,16,18). The maximum atomic E-state index is 13.3. The molecule has 5 nitrogen and oxygen atoms in total. The van der Waals surface area contributed by atoms with Gasteiger partial charge < -0.3 is 16.8 Å². The molecule has 0 saturated heterocycles. The second-order valence-corrected chi connectivity index (χ2v) is 3.92. The van der Waals surface area contributed by atoms with Crippen molar-refractivity contribution in [3.8, 4) is 0 Å². The third-order valence-electron chi connectivity index (χ3n) is 2.01. The lowest BCUT2D eigenvalue weighted by Crippen LogP contribution is -2.39. The highest BCUT2D eigenvalue weighted by Crippen LogP contribution is 2.26. The largest absolute Gasteiger partial charge is 0.370 e. The highest BCUT2D eigenvalue weighted by atomic mass is 35.5. The highest BCUT2D eigenvalue weighted by molar-refractivity contribution is 6.33. The van der Waals surface area contributed by atoms with Gasteiger partial charge in [-0.2, -0.15) is 0 Å². The Hall–Kier alpha value is -1.73. The first kappa shape index (κ1) is 14.3. The van der Waals surface area contributed by atoms with Gasteiger partial charge in [-0.15, -0.1) is 0 Å². The van der Waals surface area contributed by atoms with E-state index in [0.717, 1.165) is 6.07 Å². The predicted octanol–water partition coefficient (Wildman–Crippen LogP) is 0.759. The molecule has 2 amide bonds. The first-order valence-electron chi connectivity index (χ1n) is 4.80. The first-order valence-corrected chi connectivity index (χ1v) is 5.18. The molecular formula is C10H10ClF2N3O2. The number of benzene rings is 1. The molecule has 98 valence electrons. The van der Waals surface area contributed by atoms with Crippen molar-refractivity contribution in [2.75, 3.05) is 5.32 Å². The van der Waals surface area contributed by atoms with Crippen LogP contribution >= 0.6 is 11.6 Å². The van der Waals surface area contributed by atoms with E-state index in [9.17, 15) is 18.4 Å². The summed E-state index contributed by atoms with van der Waals surface area (Å²) in [4.78, 5) is 22.0.